The summed E-state index contributed by atoms with van der Waals surface area (Å²) in [4.78, 5) is 27.4. The molecule has 0 saturated heterocycles. The van der Waals surface area contributed by atoms with Crippen molar-refractivity contribution in [3.05, 3.63) is 65.2 Å². The van der Waals surface area contributed by atoms with Gasteiger partial charge in [-0.25, -0.2) is 0 Å². The van der Waals surface area contributed by atoms with Gasteiger partial charge in [0.1, 0.15) is 5.41 Å². The number of fused-ring (bicyclic) bond motifs is 1. The molecule has 0 radical (unpaired) electrons. The molecule has 0 aromatic heterocycles. The van der Waals surface area contributed by atoms with Gasteiger partial charge in [-0.05, 0) is 44.4 Å². The van der Waals surface area contributed by atoms with Crippen LogP contribution in [0.25, 0.3) is 0 Å². The van der Waals surface area contributed by atoms with E-state index in [0.717, 1.165) is 28.8 Å². The molecule has 2 aromatic rings. The van der Waals surface area contributed by atoms with Crippen molar-refractivity contribution >= 4 is 17.5 Å². The average molecular weight is 336 g/mol. The van der Waals surface area contributed by atoms with Gasteiger partial charge in [-0.1, -0.05) is 48.0 Å². The largest absolute Gasteiger partial charge is 0.351 e. The molecule has 0 saturated carbocycles. The predicted molar refractivity (Wildman–Crippen MR) is 99.3 cm³/mol. The molecular weight excluding hydrogens is 312 g/mol. The van der Waals surface area contributed by atoms with Gasteiger partial charge in [0.15, 0.2) is 0 Å². The highest BCUT2D eigenvalue weighted by Gasteiger charge is 2.41. The Labute approximate surface area is 148 Å². The zero-order valence-corrected chi connectivity index (χ0v) is 15.0. The van der Waals surface area contributed by atoms with Crippen LogP contribution >= 0.6 is 0 Å². The molecule has 4 nitrogen and oxygen atoms in total. The Bertz CT molecular complexity index is 811. The number of nitrogens with one attached hydrogen (secondary N) is 1. The Kier molecular flexibility index (Phi) is 4.62. The number of anilines is 1. The number of hydrogen-bond donors (Lipinski definition) is 1. The van der Waals surface area contributed by atoms with E-state index in [0.29, 0.717) is 13.1 Å². The van der Waals surface area contributed by atoms with Gasteiger partial charge in [0.2, 0.25) is 11.8 Å². The molecule has 0 spiro atoms. The molecule has 1 aliphatic rings. The van der Waals surface area contributed by atoms with E-state index in [1.807, 2.05) is 55.5 Å². The van der Waals surface area contributed by atoms with E-state index in [2.05, 4.69) is 5.32 Å². The lowest BCUT2D eigenvalue weighted by Crippen LogP contribution is -2.49. The molecule has 130 valence electrons. The quantitative estimate of drug-likeness (QED) is 0.872. The van der Waals surface area contributed by atoms with Gasteiger partial charge < -0.3 is 10.2 Å². The summed E-state index contributed by atoms with van der Waals surface area (Å²) in [7, 11) is 0. The van der Waals surface area contributed by atoms with Crippen LogP contribution in [0, 0.1) is 12.3 Å². The highest BCUT2D eigenvalue weighted by atomic mass is 16.2. The lowest BCUT2D eigenvalue weighted by Gasteiger charge is -2.28. The fourth-order valence-electron chi connectivity index (χ4n) is 3.21. The van der Waals surface area contributed by atoms with E-state index in [1.165, 1.54) is 0 Å². The lowest BCUT2D eigenvalue weighted by molar-refractivity contribution is -0.139. The van der Waals surface area contributed by atoms with Crippen molar-refractivity contribution in [1.82, 2.24) is 5.32 Å². The molecule has 0 aliphatic carbocycles. The molecule has 1 N–H and O–H groups in total. The number of hydrogen-bond acceptors (Lipinski definition) is 2. The standard InChI is InChI=1S/C21H24N2O2/c1-15-7-6-8-16(13-15)14-22-19(24)21(2,3)20(25)23-12-11-17-9-4-5-10-18(17)23/h4-10,13H,11-12,14H2,1-3H3,(H,22,24). The van der Waals surface area contributed by atoms with Crippen LogP contribution in [0.4, 0.5) is 5.69 Å². The summed E-state index contributed by atoms with van der Waals surface area (Å²) in [6, 6.07) is 15.9. The summed E-state index contributed by atoms with van der Waals surface area (Å²) in [6.45, 7) is 6.47. The van der Waals surface area contributed by atoms with Crippen LogP contribution in [0.1, 0.15) is 30.5 Å². The lowest BCUT2D eigenvalue weighted by atomic mass is 9.90. The van der Waals surface area contributed by atoms with Crippen LogP contribution in [0.3, 0.4) is 0 Å². The van der Waals surface area contributed by atoms with Gasteiger partial charge in [0.25, 0.3) is 0 Å². The topological polar surface area (TPSA) is 49.4 Å². The number of carbonyl (C=O) groups excluding carboxylic acids is 2. The molecule has 2 aromatic carbocycles. The van der Waals surface area contributed by atoms with Crippen molar-refractivity contribution in [2.24, 2.45) is 5.41 Å². The molecular formula is C21H24N2O2. The summed E-state index contributed by atoms with van der Waals surface area (Å²) in [5, 5.41) is 2.91. The minimum absolute atomic E-state index is 0.154. The van der Waals surface area contributed by atoms with Crippen LogP contribution in [-0.4, -0.2) is 18.4 Å². The summed E-state index contributed by atoms with van der Waals surface area (Å²) in [5.41, 5.74) is 3.15. The second-order valence-electron chi connectivity index (χ2n) is 7.13. The zero-order valence-electron chi connectivity index (χ0n) is 15.0. The van der Waals surface area contributed by atoms with Gasteiger partial charge in [0, 0.05) is 18.8 Å². The molecule has 0 unspecified atom stereocenters. The molecule has 0 atom stereocenters. The van der Waals surface area contributed by atoms with Gasteiger partial charge in [-0.15, -0.1) is 0 Å². The number of para-hydroxylation sites is 1. The fraction of sp³-hybridized carbons (Fsp3) is 0.333. The van der Waals surface area contributed by atoms with E-state index in [-0.39, 0.29) is 11.8 Å². The average Bonchev–Trinajstić information content (AvgIpc) is 3.03. The van der Waals surface area contributed by atoms with E-state index in [9.17, 15) is 9.59 Å². The van der Waals surface area contributed by atoms with Crippen molar-refractivity contribution in [1.29, 1.82) is 0 Å². The summed E-state index contributed by atoms with van der Waals surface area (Å²) in [6.07, 6.45) is 0.836. The Morgan fingerprint density at radius 1 is 1.12 bits per heavy atom. The van der Waals surface area contributed by atoms with Crippen LogP contribution < -0.4 is 10.2 Å². The van der Waals surface area contributed by atoms with Crippen molar-refractivity contribution in [3.63, 3.8) is 0 Å². The van der Waals surface area contributed by atoms with Gasteiger partial charge in [-0.3, -0.25) is 9.59 Å². The molecule has 0 bridgehead atoms. The third kappa shape index (κ3) is 3.43. The van der Waals surface area contributed by atoms with Gasteiger partial charge in [-0.2, -0.15) is 0 Å². The first-order valence-electron chi connectivity index (χ1n) is 8.63. The number of nitrogens with zero attached hydrogens (tertiary/aromatic N) is 1. The first kappa shape index (κ1) is 17.2. The number of carbonyl (C=O) groups is 2. The van der Waals surface area contributed by atoms with E-state index >= 15 is 0 Å². The SMILES string of the molecule is Cc1cccc(CNC(=O)C(C)(C)C(=O)N2CCc3ccccc32)c1. The second kappa shape index (κ2) is 6.71. The minimum atomic E-state index is -1.11. The molecule has 1 aliphatic heterocycles. The van der Waals surface area contributed by atoms with Gasteiger partial charge >= 0.3 is 0 Å². The smallest absolute Gasteiger partial charge is 0.242 e. The Hall–Kier alpha value is -2.62. The molecule has 2 amide bonds. The van der Waals surface area contributed by atoms with Crippen molar-refractivity contribution in [2.45, 2.75) is 33.7 Å². The molecule has 0 fully saturated rings. The summed E-state index contributed by atoms with van der Waals surface area (Å²) < 4.78 is 0. The third-order valence-corrected chi connectivity index (χ3v) is 4.77. The van der Waals surface area contributed by atoms with Crippen LogP contribution in [0.2, 0.25) is 0 Å². The van der Waals surface area contributed by atoms with E-state index in [1.54, 1.807) is 18.7 Å². The van der Waals surface area contributed by atoms with Gasteiger partial charge in [0.05, 0.1) is 0 Å². The highest BCUT2D eigenvalue weighted by molar-refractivity contribution is 6.11. The molecule has 1 heterocycles. The number of amides is 2. The zero-order chi connectivity index (χ0) is 18.0. The maximum atomic E-state index is 13.0. The number of rotatable bonds is 4. The molecule has 4 heteroatoms. The summed E-state index contributed by atoms with van der Waals surface area (Å²) in [5.74, 6) is -0.400. The molecule has 3 rings (SSSR count). The minimum Gasteiger partial charge on any atom is -0.351 e. The van der Waals surface area contributed by atoms with Crippen molar-refractivity contribution in [3.8, 4) is 0 Å². The second-order valence-corrected chi connectivity index (χ2v) is 7.13. The number of aryl methyl sites for hydroxylation is 1. The first-order chi connectivity index (χ1) is 11.9. The Morgan fingerprint density at radius 3 is 2.64 bits per heavy atom. The van der Waals surface area contributed by atoms with E-state index < -0.39 is 5.41 Å². The normalized spacial score (nSPS) is 13.5. The maximum Gasteiger partial charge on any atom is 0.242 e. The van der Waals surface area contributed by atoms with Crippen LogP contribution in [0.5, 0.6) is 0 Å². The van der Waals surface area contributed by atoms with Crippen molar-refractivity contribution in [2.75, 3.05) is 11.4 Å². The monoisotopic (exact) mass is 336 g/mol. The van der Waals surface area contributed by atoms with Crippen molar-refractivity contribution < 1.29 is 9.59 Å². The first-order valence-corrected chi connectivity index (χ1v) is 8.63. The van der Waals surface area contributed by atoms with Crippen LogP contribution in [-0.2, 0) is 22.6 Å². The Morgan fingerprint density at radius 2 is 1.88 bits per heavy atom. The van der Waals surface area contributed by atoms with Crippen LogP contribution in [0.15, 0.2) is 48.5 Å². The fourth-order valence-corrected chi connectivity index (χ4v) is 3.21. The maximum absolute atomic E-state index is 13.0. The Balaban J connectivity index is 1.70. The molecule has 25 heavy (non-hydrogen) atoms. The summed E-state index contributed by atoms with van der Waals surface area (Å²) >= 11 is 0. The number of benzene rings is 2. The predicted octanol–water partition coefficient (Wildman–Crippen LogP) is 3.23. The van der Waals surface area contributed by atoms with E-state index in [4.69, 9.17) is 0 Å². The third-order valence-electron chi connectivity index (χ3n) is 4.77. The highest BCUT2D eigenvalue weighted by Crippen LogP contribution is 2.31.